The van der Waals surface area contributed by atoms with Crippen molar-refractivity contribution in [2.45, 2.75) is 23.9 Å². The predicted molar refractivity (Wildman–Crippen MR) is 68.3 cm³/mol. The monoisotopic (exact) mass is 278 g/mol. The van der Waals surface area contributed by atoms with Crippen molar-refractivity contribution in [3.05, 3.63) is 39.7 Å². The minimum Gasteiger partial charge on any atom is -0.294 e. The Kier molecular flexibility index (Phi) is 3.61. The lowest BCUT2D eigenvalue weighted by Gasteiger charge is -2.02. The average Bonchev–Trinajstić information content (AvgIpc) is 2.74. The van der Waals surface area contributed by atoms with Gasteiger partial charge in [0, 0.05) is 11.0 Å². The zero-order chi connectivity index (χ0) is 14.0. The van der Waals surface area contributed by atoms with E-state index in [1.54, 1.807) is 13.0 Å². The van der Waals surface area contributed by atoms with Gasteiger partial charge in [-0.3, -0.25) is 20.0 Å². The largest absolute Gasteiger partial charge is 0.294 e. The van der Waals surface area contributed by atoms with Gasteiger partial charge in [-0.15, -0.1) is 5.10 Å². The van der Waals surface area contributed by atoms with Crippen LogP contribution in [0.2, 0.25) is 0 Å². The fourth-order valence-corrected chi connectivity index (χ4v) is 2.29. The molecule has 0 radical (unpaired) electrons. The summed E-state index contributed by atoms with van der Waals surface area (Å²) in [5, 5.41) is 18.0. The highest BCUT2D eigenvalue weighted by molar-refractivity contribution is 7.99. The molecule has 2 rings (SSSR count). The number of aromatic nitrogens is 3. The van der Waals surface area contributed by atoms with Gasteiger partial charge in [0.25, 0.3) is 5.69 Å². The minimum absolute atomic E-state index is 0.0854. The number of carbonyl (C=O) groups is 1. The minimum atomic E-state index is -0.567. The number of nitrogens with zero attached hydrogens (tertiary/aromatic N) is 3. The van der Waals surface area contributed by atoms with E-state index in [4.69, 9.17) is 0 Å². The van der Waals surface area contributed by atoms with E-state index in [1.807, 2.05) is 0 Å². The topological polar surface area (TPSA) is 102 Å². The highest BCUT2D eigenvalue weighted by Gasteiger charge is 2.18. The van der Waals surface area contributed by atoms with E-state index < -0.39 is 4.92 Å². The molecule has 7 nitrogen and oxygen atoms in total. The zero-order valence-electron chi connectivity index (χ0n) is 10.2. The number of rotatable bonds is 4. The van der Waals surface area contributed by atoms with Crippen LogP contribution in [0.3, 0.4) is 0 Å². The van der Waals surface area contributed by atoms with Crippen LogP contribution in [0, 0.1) is 17.0 Å². The molecule has 1 heterocycles. The molecule has 2 aromatic rings. The Morgan fingerprint density at radius 2 is 2.21 bits per heavy atom. The van der Waals surface area contributed by atoms with Gasteiger partial charge >= 0.3 is 0 Å². The van der Waals surface area contributed by atoms with E-state index in [0.717, 1.165) is 0 Å². The zero-order valence-corrected chi connectivity index (χ0v) is 11.0. The van der Waals surface area contributed by atoms with Crippen molar-refractivity contribution in [1.29, 1.82) is 0 Å². The number of H-pyrrole nitrogens is 1. The van der Waals surface area contributed by atoms with Gasteiger partial charge in [-0.1, -0.05) is 0 Å². The van der Waals surface area contributed by atoms with Gasteiger partial charge in [-0.05, 0) is 37.7 Å². The Morgan fingerprint density at radius 3 is 2.74 bits per heavy atom. The summed E-state index contributed by atoms with van der Waals surface area (Å²) in [5.41, 5.74) is -0.106. The van der Waals surface area contributed by atoms with Gasteiger partial charge in [0.15, 0.2) is 5.78 Å². The fourth-order valence-electron chi connectivity index (χ4n) is 1.49. The molecule has 1 aromatic carbocycles. The number of ketones is 1. The molecule has 0 atom stereocenters. The van der Waals surface area contributed by atoms with Crippen LogP contribution in [0.25, 0.3) is 0 Å². The van der Waals surface area contributed by atoms with E-state index in [1.165, 1.54) is 30.8 Å². The number of nitro benzene ring substituents is 1. The molecule has 0 spiro atoms. The molecule has 1 aromatic heterocycles. The Bertz CT molecular complexity index is 653. The van der Waals surface area contributed by atoms with Crippen LogP contribution in [0.15, 0.2) is 28.3 Å². The molecule has 1 N–H and O–H groups in total. The number of hydrogen-bond donors (Lipinski definition) is 1. The first-order chi connectivity index (χ1) is 8.97. The highest BCUT2D eigenvalue weighted by atomic mass is 32.2. The Hall–Kier alpha value is -2.22. The molecule has 0 aliphatic carbocycles. The molecule has 0 aliphatic rings. The van der Waals surface area contributed by atoms with Gasteiger partial charge in [0.05, 0.1) is 10.5 Å². The van der Waals surface area contributed by atoms with Crippen molar-refractivity contribution >= 4 is 23.2 Å². The summed E-state index contributed by atoms with van der Waals surface area (Å²) in [6.45, 7) is 3.07. The summed E-state index contributed by atoms with van der Waals surface area (Å²) < 4.78 is 0. The third kappa shape index (κ3) is 2.97. The van der Waals surface area contributed by atoms with Gasteiger partial charge in [0.1, 0.15) is 5.82 Å². The van der Waals surface area contributed by atoms with Crippen LogP contribution in [0.1, 0.15) is 23.1 Å². The molecule has 98 valence electrons. The quantitative estimate of drug-likeness (QED) is 0.523. The summed E-state index contributed by atoms with van der Waals surface area (Å²) in [6.07, 6.45) is 0. The smallest absolute Gasteiger partial charge is 0.280 e. The average molecular weight is 278 g/mol. The van der Waals surface area contributed by atoms with Gasteiger partial charge in [0.2, 0.25) is 5.16 Å². The summed E-state index contributed by atoms with van der Waals surface area (Å²) >= 11 is 1.23. The number of hydrogen-bond acceptors (Lipinski definition) is 6. The first kappa shape index (κ1) is 13.2. The van der Waals surface area contributed by atoms with Crippen LogP contribution in [-0.4, -0.2) is 25.9 Å². The van der Waals surface area contributed by atoms with Gasteiger partial charge in [-0.25, -0.2) is 4.98 Å². The molecule has 0 unspecified atom stereocenters. The van der Waals surface area contributed by atoms with Crippen LogP contribution in [0.5, 0.6) is 0 Å². The third-order valence-electron chi connectivity index (χ3n) is 2.33. The van der Waals surface area contributed by atoms with Crippen LogP contribution in [0.4, 0.5) is 5.69 Å². The standard InChI is InChI=1S/C11H10N4O3S/c1-6(16)9-5-8(3-4-10(9)15(17)18)19-11-12-7(2)13-14-11/h3-5H,1-2H3,(H,12,13,14). The molecule has 0 aliphatic heterocycles. The summed E-state index contributed by atoms with van der Waals surface area (Å²) in [4.78, 5) is 26.5. The Labute approximate surface area is 112 Å². The number of benzene rings is 1. The second-order valence-electron chi connectivity index (χ2n) is 3.80. The molecule has 19 heavy (non-hydrogen) atoms. The SMILES string of the molecule is CC(=O)c1cc(Sc2n[nH]c(C)n2)ccc1[N+](=O)[O-]. The highest BCUT2D eigenvalue weighted by Crippen LogP contribution is 2.29. The number of aromatic amines is 1. The second-order valence-corrected chi connectivity index (χ2v) is 4.84. The second kappa shape index (κ2) is 5.19. The summed E-state index contributed by atoms with van der Waals surface area (Å²) in [7, 11) is 0. The third-order valence-corrected chi connectivity index (χ3v) is 3.18. The molecule has 0 amide bonds. The molecular formula is C11H10N4O3S. The number of aryl methyl sites for hydroxylation is 1. The fraction of sp³-hybridized carbons (Fsp3) is 0.182. The van der Waals surface area contributed by atoms with E-state index in [0.29, 0.717) is 15.9 Å². The summed E-state index contributed by atoms with van der Waals surface area (Å²) in [5.74, 6) is 0.330. The lowest BCUT2D eigenvalue weighted by molar-refractivity contribution is -0.385. The van der Waals surface area contributed by atoms with Crippen molar-refractivity contribution < 1.29 is 9.72 Å². The Balaban J connectivity index is 2.35. The lowest BCUT2D eigenvalue weighted by atomic mass is 10.1. The molecular weight excluding hydrogens is 268 g/mol. The summed E-state index contributed by atoms with van der Waals surface area (Å²) in [6, 6.07) is 4.37. The molecule has 0 fully saturated rings. The Morgan fingerprint density at radius 1 is 1.47 bits per heavy atom. The van der Waals surface area contributed by atoms with E-state index in [9.17, 15) is 14.9 Å². The van der Waals surface area contributed by atoms with Crippen LogP contribution >= 0.6 is 11.8 Å². The van der Waals surface area contributed by atoms with Crippen molar-refractivity contribution in [3.63, 3.8) is 0 Å². The first-order valence-corrected chi connectivity index (χ1v) is 6.15. The molecule has 0 saturated heterocycles. The predicted octanol–water partition coefficient (Wildman–Crippen LogP) is 2.38. The first-order valence-electron chi connectivity index (χ1n) is 5.33. The maximum Gasteiger partial charge on any atom is 0.280 e. The van der Waals surface area contributed by atoms with Crippen LogP contribution < -0.4 is 0 Å². The van der Waals surface area contributed by atoms with Crippen molar-refractivity contribution in [2.75, 3.05) is 0 Å². The number of Topliss-reactive ketones (excluding diaryl/α,β-unsaturated/α-hetero) is 1. The van der Waals surface area contributed by atoms with Crippen molar-refractivity contribution in [3.8, 4) is 0 Å². The molecule has 0 bridgehead atoms. The maximum absolute atomic E-state index is 11.4. The van der Waals surface area contributed by atoms with E-state index >= 15 is 0 Å². The lowest BCUT2D eigenvalue weighted by Crippen LogP contribution is -2.00. The molecule has 8 heteroatoms. The normalized spacial score (nSPS) is 10.4. The van der Waals surface area contributed by atoms with Crippen molar-refractivity contribution in [2.24, 2.45) is 0 Å². The number of nitro groups is 1. The number of nitrogens with one attached hydrogen (secondary N) is 1. The van der Waals surface area contributed by atoms with Gasteiger partial charge in [-0.2, -0.15) is 0 Å². The van der Waals surface area contributed by atoms with Crippen molar-refractivity contribution in [1.82, 2.24) is 15.2 Å². The van der Waals surface area contributed by atoms with Crippen LogP contribution in [-0.2, 0) is 0 Å². The molecule has 0 saturated carbocycles. The van der Waals surface area contributed by atoms with E-state index in [2.05, 4.69) is 15.2 Å². The maximum atomic E-state index is 11.4. The number of carbonyl (C=O) groups excluding carboxylic acids is 1. The van der Waals surface area contributed by atoms with E-state index in [-0.39, 0.29) is 17.0 Å². The van der Waals surface area contributed by atoms with Gasteiger partial charge < -0.3 is 0 Å².